The first-order valence-corrected chi connectivity index (χ1v) is 7.52. The Balaban J connectivity index is 1.91. The Morgan fingerprint density at radius 1 is 1.39 bits per heavy atom. The van der Waals surface area contributed by atoms with Gasteiger partial charge in [0.15, 0.2) is 0 Å². The van der Waals surface area contributed by atoms with Crippen molar-refractivity contribution in [1.82, 2.24) is 9.88 Å². The number of aromatic nitrogens is 1. The van der Waals surface area contributed by atoms with Crippen LogP contribution >= 0.6 is 11.8 Å². The fourth-order valence-corrected chi connectivity index (χ4v) is 3.29. The average molecular weight is 264 g/mol. The average Bonchev–Trinajstić information content (AvgIpc) is 2.37. The van der Waals surface area contributed by atoms with Crippen molar-refractivity contribution in [3.05, 3.63) is 24.4 Å². The Bertz CT molecular complexity index is 386. The zero-order chi connectivity index (χ0) is 13.0. The van der Waals surface area contributed by atoms with Crippen LogP contribution in [0.25, 0.3) is 0 Å². The van der Waals surface area contributed by atoms with Crippen LogP contribution in [-0.4, -0.2) is 33.6 Å². The van der Waals surface area contributed by atoms with E-state index in [1.165, 1.54) is 18.2 Å². The van der Waals surface area contributed by atoms with Crippen molar-refractivity contribution in [1.29, 1.82) is 0 Å². The normalized spacial score (nSPS) is 24.0. The molecule has 4 heteroatoms. The lowest BCUT2D eigenvalue weighted by atomic mass is 9.98. The smallest absolute Gasteiger partial charge is 0.233 e. The summed E-state index contributed by atoms with van der Waals surface area (Å²) < 4.78 is 0. The summed E-state index contributed by atoms with van der Waals surface area (Å²) in [6.07, 6.45) is 5.26. The second kappa shape index (κ2) is 6.23. The molecule has 1 aliphatic rings. The number of nitrogens with zero attached hydrogens (tertiary/aromatic N) is 2. The maximum Gasteiger partial charge on any atom is 0.233 e. The summed E-state index contributed by atoms with van der Waals surface area (Å²) in [6, 6.07) is 6.55. The fraction of sp³-hybridized carbons (Fsp3) is 0.571. The molecule has 1 aromatic heterocycles. The predicted octanol–water partition coefficient (Wildman–Crippen LogP) is 2.96. The van der Waals surface area contributed by atoms with E-state index in [0.29, 0.717) is 17.8 Å². The van der Waals surface area contributed by atoms with E-state index in [0.717, 1.165) is 17.9 Å². The van der Waals surface area contributed by atoms with Crippen LogP contribution < -0.4 is 0 Å². The van der Waals surface area contributed by atoms with Gasteiger partial charge < -0.3 is 4.90 Å². The number of hydrogen-bond donors (Lipinski definition) is 0. The van der Waals surface area contributed by atoms with E-state index in [-0.39, 0.29) is 5.91 Å². The van der Waals surface area contributed by atoms with Crippen molar-refractivity contribution in [2.45, 2.75) is 50.2 Å². The zero-order valence-electron chi connectivity index (χ0n) is 11.0. The van der Waals surface area contributed by atoms with Gasteiger partial charge >= 0.3 is 0 Å². The topological polar surface area (TPSA) is 33.2 Å². The van der Waals surface area contributed by atoms with Gasteiger partial charge in [-0.15, -0.1) is 0 Å². The molecule has 0 radical (unpaired) electrons. The summed E-state index contributed by atoms with van der Waals surface area (Å²) in [4.78, 5) is 18.6. The molecule has 2 unspecified atom stereocenters. The third kappa shape index (κ3) is 3.25. The maximum absolute atomic E-state index is 12.3. The van der Waals surface area contributed by atoms with E-state index in [2.05, 4.69) is 23.7 Å². The summed E-state index contributed by atoms with van der Waals surface area (Å²) in [5.41, 5.74) is 0. The molecule has 0 bridgehead atoms. The minimum Gasteiger partial charge on any atom is -0.337 e. The number of pyridine rings is 1. The van der Waals surface area contributed by atoms with Crippen molar-refractivity contribution in [3.8, 4) is 0 Å². The minimum atomic E-state index is 0.241. The van der Waals surface area contributed by atoms with Gasteiger partial charge in [0.1, 0.15) is 0 Å². The lowest BCUT2D eigenvalue weighted by molar-refractivity contribution is -0.134. The molecule has 1 fully saturated rings. The third-order valence-electron chi connectivity index (χ3n) is 3.46. The highest BCUT2D eigenvalue weighted by molar-refractivity contribution is 7.99. The molecule has 2 heterocycles. The maximum atomic E-state index is 12.3. The molecule has 98 valence electrons. The number of rotatable bonds is 3. The minimum absolute atomic E-state index is 0.241. The van der Waals surface area contributed by atoms with Gasteiger partial charge in [-0.3, -0.25) is 4.79 Å². The summed E-state index contributed by atoms with van der Waals surface area (Å²) >= 11 is 1.52. The molecule has 2 atom stereocenters. The number of carbonyl (C=O) groups is 1. The quantitative estimate of drug-likeness (QED) is 0.787. The van der Waals surface area contributed by atoms with Crippen LogP contribution in [0.4, 0.5) is 0 Å². The molecule has 3 nitrogen and oxygen atoms in total. The van der Waals surface area contributed by atoms with Crippen molar-refractivity contribution in [3.63, 3.8) is 0 Å². The molecular formula is C14H20N2OS. The second-order valence-corrected chi connectivity index (χ2v) is 5.88. The lowest BCUT2D eigenvalue weighted by Gasteiger charge is -2.39. The second-order valence-electron chi connectivity index (χ2n) is 4.89. The van der Waals surface area contributed by atoms with E-state index >= 15 is 0 Å². The zero-order valence-corrected chi connectivity index (χ0v) is 11.8. The Morgan fingerprint density at radius 3 is 2.72 bits per heavy atom. The van der Waals surface area contributed by atoms with E-state index < -0.39 is 0 Å². The first-order chi connectivity index (χ1) is 8.68. The number of likely N-dealkylation sites (tertiary alicyclic amines) is 1. The Labute approximate surface area is 113 Å². The monoisotopic (exact) mass is 264 g/mol. The SMILES string of the molecule is CC1CCCC(C)N1C(=O)CSc1ccccn1. The van der Waals surface area contributed by atoms with Crippen LogP contribution in [0.15, 0.2) is 29.4 Å². The van der Waals surface area contributed by atoms with Gasteiger partial charge in [-0.05, 0) is 45.2 Å². The van der Waals surface area contributed by atoms with Crippen molar-refractivity contribution < 1.29 is 4.79 Å². The Morgan fingerprint density at radius 2 is 2.11 bits per heavy atom. The number of amides is 1. The molecule has 0 spiro atoms. The molecule has 2 rings (SSSR count). The highest BCUT2D eigenvalue weighted by atomic mass is 32.2. The van der Waals surface area contributed by atoms with E-state index in [1.54, 1.807) is 6.20 Å². The van der Waals surface area contributed by atoms with E-state index in [4.69, 9.17) is 0 Å². The first kappa shape index (κ1) is 13.4. The largest absolute Gasteiger partial charge is 0.337 e. The molecule has 0 saturated carbocycles. The van der Waals surface area contributed by atoms with Gasteiger partial charge in [-0.25, -0.2) is 4.98 Å². The summed E-state index contributed by atoms with van der Waals surface area (Å²) in [7, 11) is 0. The number of hydrogen-bond acceptors (Lipinski definition) is 3. The molecule has 0 N–H and O–H groups in total. The van der Waals surface area contributed by atoms with Crippen molar-refractivity contribution in [2.24, 2.45) is 0 Å². The van der Waals surface area contributed by atoms with Gasteiger partial charge in [0.2, 0.25) is 5.91 Å². The molecule has 0 aromatic carbocycles. The summed E-state index contributed by atoms with van der Waals surface area (Å²) in [5, 5.41) is 0.920. The van der Waals surface area contributed by atoms with Crippen LogP contribution in [0.2, 0.25) is 0 Å². The number of carbonyl (C=O) groups excluding carboxylic acids is 1. The molecule has 1 aromatic rings. The number of thioether (sulfide) groups is 1. The van der Waals surface area contributed by atoms with Gasteiger partial charge in [-0.2, -0.15) is 0 Å². The van der Waals surface area contributed by atoms with Crippen LogP contribution in [0.1, 0.15) is 33.1 Å². The van der Waals surface area contributed by atoms with Crippen LogP contribution in [-0.2, 0) is 4.79 Å². The molecule has 0 aliphatic carbocycles. The highest BCUT2D eigenvalue weighted by Crippen LogP contribution is 2.24. The van der Waals surface area contributed by atoms with Crippen LogP contribution in [0, 0.1) is 0 Å². The number of piperidine rings is 1. The molecular weight excluding hydrogens is 244 g/mol. The molecule has 1 saturated heterocycles. The molecule has 1 amide bonds. The Kier molecular flexibility index (Phi) is 4.64. The van der Waals surface area contributed by atoms with Crippen LogP contribution in [0.3, 0.4) is 0 Å². The highest BCUT2D eigenvalue weighted by Gasteiger charge is 2.28. The Hall–Kier alpha value is -1.03. The van der Waals surface area contributed by atoms with Gasteiger partial charge in [0, 0.05) is 18.3 Å². The van der Waals surface area contributed by atoms with Crippen molar-refractivity contribution >= 4 is 17.7 Å². The van der Waals surface area contributed by atoms with Gasteiger partial charge in [0.25, 0.3) is 0 Å². The summed E-state index contributed by atoms with van der Waals surface area (Å²) in [5.74, 6) is 0.733. The van der Waals surface area contributed by atoms with Crippen LogP contribution in [0.5, 0.6) is 0 Å². The lowest BCUT2D eigenvalue weighted by Crippen LogP contribution is -2.48. The molecule has 1 aliphatic heterocycles. The van der Waals surface area contributed by atoms with E-state index in [1.807, 2.05) is 18.2 Å². The van der Waals surface area contributed by atoms with E-state index in [9.17, 15) is 4.79 Å². The van der Waals surface area contributed by atoms with Crippen molar-refractivity contribution in [2.75, 3.05) is 5.75 Å². The predicted molar refractivity (Wildman–Crippen MR) is 74.6 cm³/mol. The molecule has 18 heavy (non-hydrogen) atoms. The van der Waals surface area contributed by atoms with Gasteiger partial charge in [0.05, 0.1) is 10.8 Å². The third-order valence-corrected chi connectivity index (χ3v) is 4.39. The summed E-state index contributed by atoms with van der Waals surface area (Å²) in [6.45, 7) is 4.30. The fourth-order valence-electron chi connectivity index (χ4n) is 2.56. The van der Waals surface area contributed by atoms with Gasteiger partial charge in [-0.1, -0.05) is 17.8 Å². The standard InChI is InChI=1S/C14H20N2OS/c1-11-6-5-7-12(2)16(11)14(17)10-18-13-8-3-4-9-15-13/h3-4,8-9,11-12H,5-7,10H2,1-2H3. The first-order valence-electron chi connectivity index (χ1n) is 6.53.